The lowest BCUT2D eigenvalue weighted by Gasteiger charge is -2.23. The van der Waals surface area contributed by atoms with E-state index >= 15 is 0 Å². The van der Waals surface area contributed by atoms with Gasteiger partial charge in [0.25, 0.3) is 0 Å². The van der Waals surface area contributed by atoms with Gasteiger partial charge in [-0.05, 0) is 57.5 Å². The molecule has 0 fully saturated rings. The first-order valence-corrected chi connectivity index (χ1v) is 8.74. The standard InChI is InChI=1S/C15H27N3O2S/c1-6-12(3)18(5)8-7-17-21(19,20)15-10-11(2)9-14(16)13(15)4/h9-10,12,17H,6-8,16H2,1-5H3. The van der Waals surface area contributed by atoms with Gasteiger partial charge < -0.3 is 10.6 Å². The number of hydrogen-bond donors (Lipinski definition) is 2. The van der Waals surface area contributed by atoms with Crippen LogP contribution in [0.3, 0.4) is 0 Å². The Labute approximate surface area is 128 Å². The predicted octanol–water partition coefficient (Wildman–Crippen LogP) is 1.89. The second-order valence-corrected chi connectivity index (χ2v) is 7.35. The molecule has 3 N–H and O–H groups in total. The van der Waals surface area contributed by atoms with Gasteiger partial charge in [-0.3, -0.25) is 0 Å². The molecule has 5 nitrogen and oxygen atoms in total. The number of nitrogen functional groups attached to an aromatic ring is 1. The third-order valence-electron chi connectivity index (χ3n) is 3.93. The highest BCUT2D eigenvalue weighted by Crippen LogP contribution is 2.22. The molecular weight excluding hydrogens is 286 g/mol. The number of nitrogens with two attached hydrogens (primary N) is 1. The minimum Gasteiger partial charge on any atom is -0.398 e. The molecule has 0 heterocycles. The van der Waals surface area contributed by atoms with E-state index in [1.165, 1.54) is 0 Å². The lowest BCUT2D eigenvalue weighted by atomic mass is 10.1. The summed E-state index contributed by atoms with van der Waals surface area (Å²) in [6, 6.07) is 3.88. The Bertz CT molecular complexity index is 585. The van der Waals surface area contributed by atoms with Crippen molar-refractivity contribution in [3.8, 4) is 0 Å². The van der Waals surface area contributed by atoms with E-state index in [-0.39, 0.29) is 4.90 Å². The third-order valence-corrected chi connectivity index (χ3v) is 5.52. The van der Waals surface area contributed by atoms with Crippen molar-refractivity contribution in [1.29, 1.82) is 0 Å². The van der Waals surface area contributed by atoms with Crippen LogP contribution in [0.1, 0.15) is 31.4 Å². The van der Waals surface area contributed by atoms with Crippen molar-refractivity contribution in [2.45, 2.75) is 45.1 Å². The zero-order chi connectivity index (χ0) is 16.2. The van der Waals surface area contributed by atoms with Crippen LogP contribution in [-0.4, -0.2) is 39.5 Å². The van der Waals surface area contributed by atoms with Crippen molar-refractivity contribution in [1.82, 2.24) is 9.62 Å². The monoisotopic (exact) mass is 313 g/mol. The zero-order valence-corrected chi connectivity index (χ0v) is 14.4. The molecule has 0 aliphatic rings. The Balaban J connectivity index is 2.79. The Kier molecular flexibility index (Phi) is 6.19. The molecule has 1 atom stereocenters. The van der Waals surface area contributed by atoms with Crippen LogP contribution < -0.4 is 10.5 Å². The van der Waals surface area contributed by atoms with Crippen molar-refractivity contribution in [2.24, 2.45) is 0 Å². The molecule has 0 spiro atoms. The van der Waals surface area contributed by atoms with Crippen molar-refractivity contribution in [2.75, 3.05) is 25.9 Å². The molecule has 21 heavy (non-hydrogen) atoms. The van der Waals surface area contributed by atoms with Gasteiger partial charge in [0.05, 0.1) is 4.90 Å². The van der Waals surface area contributed by atoms with E-state index in [0.29, 0.717) is 30.4 Å². The Hall–Kier alpha value is -1.11. The maximum absolute atomic E-state index is 12.4. The molecule has 120 valence electrons. The summed E-state index contributed by atoms with van der Waals surface area (Å²) in [5.74, 6) is 0. The number of sulfonamides is 1. The molecule has 1 rings (SSSR count). The summed E-state index contributed by atoms with van der Waals surface area (Å²) < 4.78 is 27.4. The first-order valence-electron chi connectivity index (χ1n) is 7.25. The normalized spacial score (nSPS) is 13.6. The summed E-state index contributed by atoms with van der Waals surface area (Å²) in [5.41, 5.74) is 7.80. The highest BCUT2D eigenvalue weighted by Gasteiger charge is 2.18. The Morgan fingerprint density at radius 2 is 1.95 bits per heavy atom. The van der Waals surface area contributed by atoms with E-state index in [4.69, 9.17) is 5.73 Å². The molecule has 0 amide bonds. The highest BCUT2D eigenvalue weighted by atomic mass is 32.2. The second kappa shape index (κ2) is 7.24. The summed E-state index contributed by atoms with van der Waals surface area (Å²) in [4.78, 5) is 2.41. The van der Waals surface area contributed by atoms with Crippen LogP contribution in [-0.2, 0) is 10.0 Å². The van der Waals surface area contributed by atoms with Crippen LogP contribution in [0, 0.1) is 13.8 Å². The SMILES string of the molecule is CCC(C)N(C)CCNS(=O)(=O)c1cc(C)cc(N)c1C. The fourth-order valence-corrected chi connectivity index (χ4v) is 3.48. The molecule has 0 saturated heterocycles. The van der Waals surface area contributed by atoms with E-state index in [0.717, 1.165) is 12.0 Å². The van der Waals surface area contributed by atoms with Crippen LogP contribution in [0.25, 0.3) is 0 Å². The molecule has 1 unspecified atom stereocenters. The van der Waals surface area contributed by atoms with E-state index in [1.807, 2.05) is 14.0 Å². The molecule has 0 aliphatic heterocycles. The summed E-state index contributed by atoms with van der Waals surface area (Å²) >= 11 is 0. The van der Waals surface area contributed by atoms with Crippen LogP contribution in [0.5, 0.6) is 0 Å². The van der Waals surface area contributed by atoms with Gasteiger partial charge in [0.1, 0.15) is 0 Å². The van der Waals surface area contributed by atoms with Gasteiger partial charge in [0.2, 0.25) is 10.0 Å². The number of benzene rings is 1. The molecule has 1 aromatic carbocycles. The molecule has 0 aliphatic carbocycles. The van der Waals surface area contributed by atoms with Gasteiger partial charge in [-0.1, -0.05) is 6.92 Å². The maximum Gasteiger partial charge on any atom is 0.240 e. The quantitative estimate of drug-likeness (QED) is 0.754. The van der Waals surface area contributed by atoms with Crippen LogP contribution >= 0.6 is 0 Å². The highest BCUT2D eigenvalue weighted by molar-refractivity contribution is 7.89. The average molecular weight is 313 g/mol. The molecule has 1 aromatic rings. The van der Waals surface area contributed by atoms with Crippen molar-refractivity contribution >= 4 is 15.7 Å². The summed E-state index contributed by atoms with van der Waals surface area (Å²) in [7, 11) is -1.52. The summed E-state index contributed by atoms with van der Waals surface area (Å²) in [6.07, 6.45) is 1.04. The van der Waals surface area contributed by atoms with Crippen LogP contribution in [0.4, 0.5) is 5.69 Å². The fourth-order valence-electron chi connectivity index (χ4n) is 2.10. The largest absolute Gasteiger partial charge is 0.398 e. The van der Waals surface area contributed by atoms with Crippen molar-refractivity contribution in [3.05, 3.63) is 23.3 Å². The zero-order valence-electron chi connectivity index (χ0n) is 13.6. The maximum atomic E-state index is 12.4. The first-order chi connectivity index (χ1) is 9.69. The average Bonchev–Trinajstić information content (AvgIpc) is 2.41. The number of aryl methyl sites for hydroxylation is 1. The number of likely N-dealkylation sites (N-methyl/N-ethyl adjacent to an activating group) is 1. The van der Waals surface area contributed by atoms with Crippen LogP contribution in [0.15, 0.2) is 17.0 Å². The summed E-state index contributed by atoms with van der Waals surface area (Å²) in [6.45, 7) is 8.87. The smallest absolute Gasteiger partial charge is 0.240 e. The second-order valence-electron chi connectivity index (χ2n) is 5.61. The predicted molar refractivity (Wildman–Crippen MR) is 87.9 cm³/mol. The number of nitrogens with zero attached hydrogens (tertiary/aromatic N) is 1. The molecule has 6 heteroatoms. The van der Waals surface area contributed by atoms with Crippen molar-refractivity contribution < 1.29 is 8.42 Å². The van der Waals surface area contributed by atoms with Gasteiger partial charge in [0, 0.05) is 24.8 Å². The lowest BCUT2D eigenvalue weighted by Crippen LogP contribution is -2.37. The van der Waals surface area contributed by atoms with Gasteiger partial charge in [0.15, 0.2) is 0 Å². The van der Waals surface area contributed by atoms with E-state index < -0.39 is 10.0 Å². The lowest BCUT2D eigenvalue weighted by molar-refractivity contribution is 0.256. The Morgan fingerprint density at radius 1 is 1.33 bits per heavy atom. The number of rotatable bonds is 7. The van der Waals surface area contributed by atoms with E-state index in [9.17, 15) is 8.42 Å². The third kappa shape index (κ3) is 4.69. The number of hydrogen-bond acceptors (Lipinski definition) is 4. The van der Waals surface area contributed by atoms with Gasteiger partial charge in [-0.25, -0.2) is 13.1 Å². The molecule has 0 saturated carbocycles. The van der Waals surface area contributed by atoms with Gasteiger partial charge in [-0.2, -0.15) is 0 Å². The minimum atomic E-state index is -3.52. The van der Waals surface area contributed by atoms with E-state index in [2.05, 4.69) is 23.5 Å². The Morgan fingerprint density at radius 3 is 2.52 bits per heavy atom. The first kappa shape index (κ1) is 17.9. The van der Waals surface area contributed by atoms with Gasteiger partial charge in [-0.15, -0.1) is 0 Å². The van der Waals surface area contributed by atoms with Crippen LogP contribution in [0.2, 0.25) is 0 Å². The number of nitrogens with one attached hydrogen (secondary N) is 1. The topological polar surface area (TPSA) is 75.4 Å². The minimum absolute atomic E-state index is 0.270. The molecule has 0 aromatic heterocycles. The molecule has 0 radical (unpaired) electrons. The van der Waals surface area contributed by atoms with Crippen molar-refractivity contribution in [3.63, 3.8) is 0 Å². The molecular formula is C15H27N3O2S. The van der Waals surface area contributed by atoms with E-state index in [1.54, 1.807) is 19.1 Å². The molecule has 0 bridgehead atoms. The number of anilines is 1. The fraction of sp³-hybridized carbons (Fsp3) is 0.600. The van der Waals surface area contributed by atoms with Gasteiger partial charge >= 0.3 is 0 Å². The summed E-state index contributed by atoms with van der Waals surface area (Å²) in [5, 5.41) is 0.